The average molecular weight is 1040 g/mol. The number of hydrogen-bond donors (Lipinski definition) is 1. The van der Waals surface area contributed by atoms with E-state index in [2.05, 4.69) is 62.5 Å². The van der Waals surface area contributed by atoms with E-state index >= 15 is 0 Å². The molecule has 2 atom stereocenters. The molecule has 1 N–H and O–H groups in total. The quantitative estimate of drug-likeness (QED) is 0.0211. The van der Waals surface area contributed by atoms with Gasteiger partial charge in [-0.05, 0) is 77.0 Å². The molecule has 0 aliphatic rings. The molecule has 0 aliphatic carbocycles. The number of hydrogen-bond acceptors (Lipinski definition) is 7. The molecule has 0 radical (unpaired) electrons. The zero-order valence-corrected chi connectivity index (χ0v) is 48.8. The van der Waals surface area contributed by atoms with E-state index in [-0.39, 0.29) is 32.0 Å². The number of likely N-dealkylation sites (N-methyl/N-ethyl adjacent to an activating group) is 1. The van der Waals surface area contributed by atoms with Crippen molar-refractivity contribution in [1.82, 2.24) is 0 Å². The molecule has 0 rings (SSSR count). The van der Waals surface area contributed by atoms with Crippen LogP contribution >= 0.6 is 7.82 Å². The van der Waals surface area contributed by atoms with E-state index in [4.69, 9.17) is 18.5 Å². The van der Waals surface area contributed by atoms with Gasteiger partial charge in [0.15, 0.2) is 6.10 Å². The van der Waals surface area contributed by atoms with E-state index in [1.165, 1.54) is 186 Å². The van der Waals surface area contributed by atoms with Crippen molar-refractivity contribution in [3.8, 4) is 0 Å². The van der Waals surface area contributed by atoms with Crippen LogP contribution in [0.4, 0.5) is 0 Å². The van der Waals surface area contributed by atoms with E-state index < -0.39 is 26.5 Å². The highest BCUT2D eigenvalue weighted by molar-refractivity contribution is 7.47. The van der Waals surface area contributed by atoms with Crippen LogP contribution in [0.15, 0.2) is 48.6 Å². The maximum absolute atomic E-state index is 12.8. The topological polar surface area (TPSA) is 108 Å². The lowest BCUT2D eigenvalue weighted by molar-refractivity contribution is -0.870. The number of esters is 2. The minimum absolute atomic E-state index is 0.0312. The van der Waals surface area contributed by atoms with Crippen molar-refractivity contribution in [2.24, 2.45) is 0 Å². The summed E-state index contributed by atoms with van der Waals surface area (Å²) in [7, 11) is 1.48. The molecule has 0 aromatic rings. The zero-order valence-electron chi connectivity index (χ0n) is 47.9. The Morgan fingerprint density at radius 3 is 1.12 bits per heavy atom. The largest absolute Gasteiger partial charge is 0.472 e. The molecule has 0 fully saturated rings. The monoisotopic (exact) mass is 1030 g/mol. The first-order valence-corrected chi connectivity index (χ1v) is 31.9. The summed E-state index contributed by atoms with van der Waals surface area (Å²) in [6, 6.07) is 0. The molecule has 0 amide bonds. The first-order chi connectivity index (χ1) is 35.0. The highest BCUT2D eigenvalue weighted by Gasteiger charge is 2.27. The Morgan fingerprint density at radius 2 is 0.750 bits per heavy atom. The lowest BCUT2D eigenvalue weighted by Crippen LogP contribution is -2.37. The van der Waals surface area contributed by atoms with Crippen LogP contribution in [-0.2, 0) is 32.7 Å². The van der Waals surface area contributed by atoms with Gasteiger partial charge in [-0.1, -0.05) is 242 Å². The molecule has 0 heterocycles. The molecule has 0 spiro atoms. The maximum Gasteiger partial charge on any atom is 0.472 e. The summed E-state index contributed by atoms with van der Waals surface area (Å²) in [6.07, 6.45) is 67.7. The van der Waals surface area contributed by atoms with E-state index in [1.807, 2.05) is 21.1 Å². The normalized spacial score (nSPS) is 13.6. The summed E-state index contributed by atoms with van der Waals surface area (Å²) in [5.74, 6) is -0.797. The van der Waals surface area contributed by atoms with E-state index in [9.17, 15) is 19.0 Å². The molecule has 0 aromatic heterocycles. The Balaban J connectivity index is 4.03. The van der Waals surface area contributed by atoms with E-state index in [0.29, 0.717) is 17.4 Å². The molecule has 0 aromatic carbocycles. The van der Waals surface area contributed by atoms with Crippen molar-refractivity contribution in [2.75, 3.05) is 47.5 Å². The molecular formula is C62H117NO8P+. The van der Waals surface area contributed by atoms with Gasteiger partial charge >= 0.3 is 19.8 Å². The van der Waals surface area contributed by atoms with Crippen LogP contribution < -0.4 is 0 Å². The second kappa shape index (κ2) is 53.8. The summed E-state index contributed by atoms with van der Waals surface area (Å²) in [5, 5.41) is 0. The Labute approximate surface area is 445 Å². The molecule has 72 heavy (non-hydrogen) atoms. The maximum atomic E-state index is 12.8. The number of carbonyl (C=O) groups excluding carboxylic acids is 2. The van der Waals surface area contributed by atoms with Crippen molar-refractivity contribution in [2.45, 2.75) is 290 Å². The Kier molecular flexibility index (Phi) is 52.3. The number of rotatable bonds is 56. The molecule has 422 valence electrons. The zero-order chi connectivity index (χ0) is 52.7. The number of unbranched alkanes of at least 4 members (excludes halogenated alkanes) is 34. The minimum atomic E-state index is -4.38. The molecule has 0 aliphatic heterocycles. The van der Waals surface area contributed by atoms with Crippen molar-refractivity contribution in [3.63, 3.8) is 0 Å². The standard InChI is InChI=1S/C62H116NO8P/c1-6-8-10-12-14-16-18-20-22-23-24-25-26-27-28-29-30-31-32-33-34-35-36-37-38-39-41-43-45-47-49-51-53-55-62(65)71-60(59-70-72(66,67)69-57-56-63(3,4)5)58-68-61(64)54-52-50-48-46-44-42-40-21-19-17-15-13-11-9-7-2/h18,20-21,23-24,26-27,40,60H,6-17,19,22,25,28-39,41-59H2,1-5H3/p+1/b20-18-,24-23-,27-26-,40-21-. The fourth-order valence-electron chi connectivity index (χ4n) is 8.61. The van der Waals surface area contributed by atoms with Crippen LogP contribution in [0.5, 0.6) is 0 Å². The number of carbonyl (C=O) groups is 2. The van der Waals surface area contributed by atoms with Gasteiger partial charge < -0.3 is 18.9 Å². The van der Waals surface area contributed by atoms with Crippen LogP contribution in [0, 0.1) is 0 Å². The second-order valence-corrected chi connectivity index (χ2v) is 23.2. The predicted octanol–water partition coefficient (Wildman–Crippen LogP) is 18.9. The van der Waals surface area contributed by atoms with Gasteiger partial charge in [-0.15, -0.1) is 0 Å². The molecule has 2 unspecified atom stereocenters. The fourth-order valence-corrected chi connectivity index (χ4v) is 9.35. The molecule has 9 nitrogen and oxygen atoms in total. The minimum Gasteiger partial charge on any atom is -0.462 e. The smallest absolute Gasteiger partial charge is 0.462 e. The third-order valence-corrected chi connectivity index (χ3v) is 14.3. The first kappa shape index (κ1) is 70.0. The molecule has 0 saturated carbocycles. The van der Waals surface area contributed by atoms with E-state index in [1.54, 1.807) is 0 Å². The highest BCUT2D eigenvalue weighted by Crippen LogP contribution is 2.43. The van der Waals surface area contributed by atoms with Crippen LogP contribution in [0.1, 0.15) is 284 Å². The van der Waals surface area contributed by atoms with Crippen molar-refractivity contribution in [3.05, 3.63) is 48.6 Å². The van der Waals surface area contributed by atoms with Crippen LogP contribution in [0.3, 0.4) is 0 Å². The van der Waals surface area contributed by atoms with Crippen molar-refractivity contribution >= 4 is 19.8 Å². The van der Waals surface area contributed by atoms with Crippen LogP contribution in [0.2, 0.25) is 0 Å². The molecule has 0 saturated heterocycles. The number of ether oxygens (including phenoxy) is 2. The number of phosphoric acid groups is 1. The Hall–Kier alpha value is -2.03. The molecule has 0 bridgehead atoms. The number of allylic oxidation sites excluding steroid dienone is 8. The van der Waals surface area contributed by atoms with Gasteiger partial charge in [-0.25, -0.2) is 4.57 Å². The summed E-state index contributed by atoms with van der Waals surface area (Å²) < 4.78 is 34.5. The number of phosphoric ester groups is 1. The third-order valence-electron chi connectivity index (χ3n) is 13.3. The SMILES string of the molecule is CCCCCCC/C=C\C/C=C\C/C=C\CCCCCCCCCCCCCCCCCCCCC(=O)OC(COC(=O)CCCCCCC/C=C\CCCCCCCC)COP(=O)(O)OCC[N+](C)(C)C. The fraction of sp³-hybridized carbons (Fsp3) is 0.839. The van der Waals surface area contributed by atoms with Gasteiger partial charge in [-0.3, -0.25) is 18.6 Å². The van der Waals surface area contributed by atoms with Gasteiger partial charge in [0.05, 0.1) is 27.7 Å². The molecular weight excluding hydrogens is 918 g/mol. The van der Waals surface area contributed by atoms with Gasteiger partial charge in [0.1, 0.15) is 19.8 Å². The lowest BCUT2D eigenvalue weighted by atomic mass is 10.0. The number of quaternary nitrogens is 1. The van der Waals surface area contributed by atoms with Crippen LogP contribution in [0.25, 0.3) is 0 Å². The first-order valence-electron chi connectivity index (χ1n) is 30.4. The summed E-state index contributed by atoms with van der Waals surface area (Å²) in [6.45, 7) is 4.44. The Morgan fingerprint density at radius 1 is 0.431 bits per heavy atom. The van der Waals surface area contributed by atoms with Gasteiger partial charge in [0, 0.05) is 12.8 Å². The second-order valence-electron chi connectivity index (χ2n) is 21.7. The molecule has 10 heteroatoms. The lowest BCUT2D eigenvalue weighted by Gasteiger charge is -2.24. The third kappa shape index (κ3) is 57.3. The number of nitrogens with zero attached hydrogens (tertiary/aromatic N) is 1. The van der Waals surface area contributed by atoms with Gasteiger partial charge in [-0.2, -0.15) is 0 Å². The summed E-state index contributed by atoms with van der Waals surface area (Å²) >= 11 is 0. The summed E-state index contributed by atoms with van der Waals surface area (Å²) in [4.78, 5) is 35.6. The van der Waals surface area contributed by atoms with Gasteiger partial charge in [0.25, 0.3) is 0 Å². The predicted molar refractivity (Wildman–Crippen MR) is 307 cm³/mol. The van der Waals surface area contributed by atoms with E-state index in [0.717, 1.165) is 64.2 Å². The van der Waals surface area contributed by atoms with Gasteiger partial charge in [0.2, 0.25) is 0 Å². The summed E-state index contributed by atoms with van der Waals surface area (Å²) in [5.41, 5.74) is 0. The van der Waals surface area contributed by atoms with Crippen molar-refractivity contribution < 1.29 is 42.1 Å². The van der Waals surface area contributed by atoms with Crippen LogP contribution in [-0.4, -0.2) is 74.9 Å². The highest BCUT2D eigenvalue weighted by atomic mass is 31.2. The average Bonchev–Trinajstić information content (AvgIpc) is 3.34. The van der Waals surface area contributed by atoms with Crippen molar-refractivity contribution in [1.29, 1.82) is 0 Å². The Bertz CT molecular complexity index is 1360.